The van der Waals surface area contributed by atoms with Crippen molar-refractivity contribution in [2.45, 2.75) is 91.4 Å². The second kappa shape index (κ2) is 9.30. The lowest BCUT2D eigenvalue weighted by Gasteiger charge is -2.43. The van der Waals surface area contributed by atoms with Gasteiger partial charge >= 0.3 is 0 Å². The molecular formula is C26H40O. The first-order chi connectivity index (χ1) is 13.0. The lowest BCUT2D eigenvalue weighted by atomic mass is 9.61. The predicted octanol–water partition coefficient (Wildman–Crippen LogP) is 7.47. The number of hydrogen-bond acceptors (Lipinski definition) is 1. The van der Waals surface area contributed by atoms with E-state index in [0.29, 0.717) is 11.2 Å². The largest absolute Gasteiger partial charge is 0.508 e. The molecule has 1 N–H and O–H groups in total. The van der Waals surface area contributed by atoms with Crippen LogP contribution in [0, 0.1) is 23.2 Å². The van der Waals surface area contributed by atoms with E-state index in [1.54, 1.807) is 0 Å². The molecule has 3 rings (SSSR count). The molecule has 0 saturated heterocycles. The average molecular weight is 369 g/mol. The number of allylic oxidation sites excluding steroid dienone is 2. The van der Waals surface area contributed by atoms with E-state index in [2.05, 4.69) is 39.0 Å². The molecule has 1 aromatic carbocycles. The van der Waals surface area contributed by atoms with E-state index in [0.717, 1.165) is 30.6 Å². The Morgan fingerprint density at radius 2 is 1.93 bits per heavy atom. The van der Waals surface area contributed by atoms with Gasteiger partial charge < -0.3 is 5.11 Å². The Morgan fingerprint density at radius 1 is 1.11 bits per heavy atom. The molecule has 0 aromatic heterocycles. The Morgan fingerprint density at radius 3 is 2.70 bits per heavy atom. The van der Waals surface area contributed by atoms with E-state index in [1.807, 2.05) is 12.1 Å². The van der Waals surface area contributed by atoms with Crippen molar-refractivity contribution in [2.75, 3.05) is 0 Å². The average Bonchev–Trinajstić information content (AvgIpc) is 2.61. The van der Waals surface area contributed by atoms with Gasteiger partial charge in [-0.25, -0.2) is 0 Å². The van der Waals surface area contributed by atoms with E-state index in [-0.39, 0.29) is 0 Å². The predicted molar refractivity (Wildman–Crippen MR) is 116 cm³/mol. The van der Waals surface area contributed by atoms with E-state index >= 15 is 0 Å². The van der Waals surface area contributed by atoms with Gasteiger partial charge in [0, 0.05) is 0 Å². The first-order valence-electron chi connectivity index (χ1n) is 11.5. The van der Waals surface area contributed by atoms with Crippen molar-refractivity contribution in [1.82, 2.24) is 0 Å². The van der Waals surface area contributed by atoms with Crippen molar-refractivity contribution in [3.8, 4) is 5.75 Å². The SMILES string of the molecule is CCCCCc1cc(O)cc(CC2CCCC(C3(C)C=CCC(C)C3)C2)c1. The standard InChI is InChI=1S/C26H40O/c1-4-5-6-10-22-15-23(18-25(27)17-22)14-21-11-7-12-24(16-21)26(3)13-8-9-20(2)19-26/h8,13,15,17-18,20-21,24,27H,4-7,9-12,14,16,19H2,1-3H3. The molecule has 0 amide bonds. The number of aryl methyl sites for hydroxylation is 1. The summed E-state index contributed by atoms with van der Waals surface area (Å²) in [5.41, 5.74) is 3.08. The summed E-state index contributed by atoms with van der Waals surface area (Å²) in [6, 6.07) is 6.35. The van der Waals surface area contributed by atoms with Gasteiger partial charge in [-0.1, -0.05) is 64.7 Å². The number of rotatable bonds is 7. The Kier molecular flexibility index (Phi) is 7.06. The van der Waals surface area contributed by atoms with Crippen LogP contribution in [-0.4, -0.2) is 5.11 Å². The molecule has 1 nitrogen and oxygen atoms in total. The summed E-state index contributed by atoms with van der Waals surface area (Å²) >= 11 is 0. The highest BCUT2D eigenvalue weighted by Crippen LogP contribution is 2.48. The summed E-state index contributed by atoms with van der Waals surface area (Å²) in [6.45, 7) is 7.16. The smallest absolute Gasteiger partial charge is 0.116 e. The van der Waals surface area contributed by atoms with Crippen LogP contribution in [0.5, 0.6) is 5.75 Å². The molecule has 0 radical (unpaired) electrons. The fraction of sp³-hybridized carbons (Fsp3) is 0.692. The van der Waals surface area contributed by atoms with Crippen molar-refractivity contribution in [3.63, 3.8) is 0 Å². The highest BCUT2D eigenvalue weighted by atomic mass is 16.3. The molecule has 27 heavy (non-hydrogen) atoms. The maximum Gasteiger partial charge on any atom is 0.116 e. The zero-order valence-electron chi connectivity index (χ0n) is 17.8. The second-order valence-corrected chi connectivity index (χ2v) is 9.85. The van der Waals surface area contributed by atoms with Crippen LogP contribution in [-0.2, 0) is 12.8 Å². The molecule has 2 aliphatic carbocycles. The third-order valence-electron chi connectivity index (χ3n) is 7.17. The molecule has 0 aliphatic heterocycles. The van der Waals surface area contributed by atoms with Crippen LogP contribution in [0.25, 0.3) is 0 Å². The minimum atomic E-state index is 0.403. The van der Waals surface area contributed by atoms with Gasteiger partial charge in [0.1, 0.15) is 5.75 Å². The first-order valence-corrected chi connectivity index (χ1v) is 11.5. The number of phenolic OH excluding ortho intramolecular Hbond substituents is 1. The third-order valence-corrected chi connectivity index (χ3v) is 7.17. The monoisotopic (exact) mass is 368 g/mol. The number of benzene rings is 1. The Labute approximate surface area is 167 Å². The minimum Gasteiger partial charge on any atom is -0.508 e. The van der Waals surface area contributed by atoms with Crippen LogP contribution in [0.2, 0.25) is 0 Å². The quantitative estimate of drug-likeness (QED) is 0.391. The van der Waals surface area contributed by atoms with Gasteiger partial charge in [0.2, 0.25) is 0 Å². The van der Waals surface area contributed by atoms with Gasteiger partial charge in [-0.05, 0) is 91.4 Å². The molecule has 0 bridgehead atoms. The zero-order valence-corrected chi connectivity index (χ0v) is 17.8. The topological polar surface area (TPSA) is 20.2 Å². The van der Waals surface area contributed by atoms with Crippen LogP contribution in [0.1, 0.15) is 89.7 Å². The summed E-state index contributed by atoms with van der Waals surface area (Å²) in [4.78, 5) is 0. The van der Waals surface area contributed by atoms with E-state index in [4.69, 9.17) is 0 Å². The zero-order chi connectivity index (χ0) is 19.3. The van der Waals surface area contributed by atoms with Crippen LogP contribution in [0.4, 0.5) is 0 Å². The summed E-state index contributed by atoms with van der Waals surface area (Å²) in [5.74, 6) is 2.90. The maximum atomic E-state index is 10.2. The van der Waals surface area contributed by atoms with Crippen LogP contribution < -0.4 is 0 Å². The molecule has 1 fully saturated rings. The van der Waals surface area contributed by atoms with Crippen molar-refractivity contribution >= 4 is 0 Å². The highest BCUT2D eigenvalue weighted by molar-refractivity contribution is 5.34. The van der Waals surface area contributed by atoms with E-state index < -0.39 is 0 Å². The summed E-state index contributed by atoms with van der Waals surface area (Å²) in [7, 11) is 0. The first kappa shape index (κ1) is 20.5. The third kappa shape index (κ3) is 5.62. The molecule has 1 saturated carbocycles. The molecule has 1 heteroatoms. The minimum absolute atomic E-state index is 0.403. The van der Waals surface area contributed by atoms with E-state index in [9.17, 15) is 5.11 Å². The second-order valence-electron chi connectivity index (χ2n) is 9.85. The Balaban J connectivity index is 1.63. The van der Waals surface area contributed by atoms with Crippen molar-refractivity contribution in [3.05, 3.63) is 41.5 Å². The van der Waals surface area contributed by atoms with Crippen molar-refractivity contribution in [1.29, 1.82) is 0 Å². The molecule has 1 aromatic rings. The summed E-state index contributed by atoms with van der Waals surface area (Å²) in [5, 5.41) is 10.2. The number of hydrogen-bond donors (Lipinski definition) is 1. The number of unbranched alkanes of at least 4 members (excludes halogenated alkanes) is 2. The molecule has 150 valence electrons. The fourth-order valence-electron chi connectivity index (χ4n) is 5.77. The Hall–Kier alpha value is -1.24. The van der Waals surface area contributed by atoms with Gasteiger partial charge in [0.15, 0.2) is 0 Å². The van der Waals surface area contributed by atoms with Gasteiger partial charge in [-0.15, -0.1) is 0 Å². The lowest BCUT2D eigenvalue weighted by molar-refractivity contribution is 0.119. The molecule has 4 atom stereocenters. The van der Waals surface area contributed by atoms with E-state index in [1.165, 1.54) is 68.9 Å². The Bertz CT molecular complexity index is 631. The summed E-state index contributed by atoms with van der Waals surface area (Å²) < 4.78 is 0. The maximum absolute atomic E-state index is 10.2. The molecule has 0 spiro atoms. The van der Waals surface area contributed by atoms with Crippen molar-refractivity contribution < 1.29 is 5.11 Å². The van der Waals surface area contributed by atoms with Crippen molar-refractivity contribution in [2.24, 2.45) is 23.2 Å². The van der Waals surface area contributed by atoms with Gasteiger partial charge in [-0.3, -0.25) is 0 Å². The molecule has 4 unspecified atom stereocenters. The fourth-order valence-corrected chi connectivity index (χ4v) is 5.77. The van der Waals surface area contributed by atoms with Crippen LogP contribution >= 0.6 is 0 Å². The summed E-state index contributed by atoms with van der Waals surface area (Å²) in [6.07, 6.45) is 19.1. The highest BCUT2D eigenvalue weighted by Gasteiger charge is 2.37. The van der Waals surface area contributed by atoms with Gasteiger partial charge in [-0.2, -0.15) is 0 Å². The molecular weight excluding hydrogens is 328 g/mol. The van der Waals surface area contributed by atoms with Crippen LogP contribution in [0.3, 0.4) is 0 Å². The molecule has 2 aliphatic rings. The van der Waals surface area contributed by atoms with Gasteiger partial charge in [0.25, 0.3) is 0 Å². The lowest BCUT2D eigenvalue weighted by Crippen LogP contribution is -2.33. The van der Waals surface area contributed by atoms with Gasteiger partial charge in [0.05, 0.1) is 0 Å². The normalized spacial score (nSPS) is 31.1. The molecule has 0 heterocycles. The number of aromatic hydroxyl groups is 1. The number of phenols is 1. The van der Waals surface area contributed by atoms with Crippen LogP contribution in [0.15, 0.2) is 30.4 Å².